The van der Waals surface area contributed by atoms with Crippen molar-refractivity contribution in [2.45, 2.75) is 6.54 Å². The third-order valence-corrected chi connectivity index (χ3v) is 5.54. The van der Waals surface area contributed by atoms with Gasteiger partial charge in [-0.2, -0.15) is 0 Å². The number of benzene rings is 2. The molecule has 0 unspecified atom stereocenters. The van der Waals surface area contributed by atoms with Crippen molar-refractivity contribution in [3.63, 3.8) is 0 Å². The SMILES string of the molecule is COc1ccc2nc(Nc3ncnc(NCc4ccc5c(c4)OCO5)c3N)sc2c1. The van der Waals surface area contributed by atoms with Gasteiger partial charge in [0.2, 0.25) is 6.79 Å². The van der Waals surface area contributed by atoms with Crippen LogP contribution in [-0.4, -0.2) is 28.9 Å². The van der Waals surface area contributed by atoms with Gasteiger partial charge in [-0.15, -0.1) is 0 Å². The van der Waals surface area contributed by atoms with Gasteiger partial charge >= 0.3 is 0 Å². The van der Waals surface area contributed by atoms with Crippen LogP contribution in [0.25, 0.3) is 10.2 Å². The molecular weight excluding hydrogens is 404 g/mol. The summed E-state index contributed by atoms with van der Waals surface area (Å²) in [4.78, 5) is 13.1. The molecular formula is C20H18N6O3S. The Balaban J connectivity index is 1.33. The first-order chi connectivity index (χ1) is 14.7. The van der Waals surface area contributed by atoms with E-state index in [1.807, 2.05) is 36.4 Å². The number of hydrogen-bond donors (Lipinski definition) is 3. The number of methoxy groups -OCH3 is 1. The van der Waals surface area contributed by atoms with Crippen LogP contribution < -0.4 is 30.6 Å². The molecule has 2 aromatic heterocycles. The maximum atomic E-state index is 6.29. The van der Waals surface area contributed by atoms with Crippen molar-refractivity contribution in [1.29, 1.82) is 0 Å². The third-order valence-electron chi connectivity index (χ3n) is 4.60. The molecule has 0 saturated carbocycles. The Morgan fingerprint density at radius 2 is 1.97 bits per heavy atom. The maximum Gasteiger partial charge on any atom is 0.231 e. The van der Waals surface area contributed by atoms with Crippen molar-refractivity contribution in [3.8, 4) is 17.2 Å². The first-order valence-electron chi connectivity index (χ1n) is 9.14. The average molecular weight is 422 g/mol. The highest BCUT2D eigenvalue weighted by molar-refractivity contribution is 7.22. The van der Waals surface area contributed by atoms with Crippen LogP contribution in [0.4, 0.5) is 22.5 Å². The number of thiazole rings is 1. The van der Waals surface area contributed by atoms with E-state index in [2.05, 4.69) is 25.6 Å². The largest absolute Gasteiger partial charge is 0.497 e. The summed E-state index contributed by atoms with van der Waals surface area (Å²) >= 11 is 1.49. The predicted octanol–water partition coefficient (Wildman–Crippen LogP) is 3.76. The molecule has 0 spiro atoms. The summed E-state index contributed by atoms with van der Waals surface area (Å²) in [6, 6.07) is 11.5. The Morgan fingerprint density at radius 3 is 2.87 bits per heavy atom. The van der Waals surface area contributed by atoms with E-state index in [0.717, 1.165) is 33.0 Å². The monoisotopic (exact) mass is 422 g/mol. The van der Waals surface area contributed by atoms with Crippen molar-refractivity contribution >= 4 is 44.0 Å². The summed E-state index contributed by atoms with van der Waals surface area (Å²) < 4.78 is 17.0. The summed E-state index contributed by atoms with van der Waals surface area (Å²) in [6.45, 7) is 0.775. The van der Waals surface area contributed by atoms with Crippen LogP contribution in [0.3, 0.4) is 0 Å². The van der Waals surface area contributed by atoms with Crippen molar-refractivity contribution in [2.24, 2.45) is 0 Å². The number of ether oxygens (including phenoxy) is 3. The number of rotatable bonds is 6. The first kappa shape index (κ1) is 18.3. The Morgan fingerprint density at radius 1 is 1.10 bits per heavy atom. The van der Waals surface area contributed by atoms with Crippen LogP contribution in [0.1, 0.15) is 5.56 Å². The maximum absolute atomic E-state index is 6.29. The second-order valence-electron chi connectivity index (χ2n) is 6.50. The Kier molecular flexibility index (Phi) is 4.60. The number of anilines is 4. The van der Waals surface area contributed by atoms with Gasteiger partial charge in [-0.25, -0.2) is 15.0 Å². The second-order valence-corrected chi connectivity index (χ2v) is 7.53. The molecule has 0 bridgehead atoms. The zero-order chi connectivity index (χ0) is 20.5. The van der Waals surface area contributed by atoms with Crippen molar-refractivity contribution in [3.05, 3.63) is 48.3 Å². The highest BCUT2D eigenvalue weighted by Crippen LogP contribution is 2.34. The van der Waals surface area contributed by atoms with E-state index in [1.165, 1.54) is 17.7 Å². The highest BCUT2D eigenvalue weighted by atomic mass is 32.1. The first-order valence-corrected chi connectivity index (χ1v) is 9.96. The van der Waals surface area contributed by atoms with E-state index >= 15 is 0 Å². The summed E-state index contributed by atoms with van der Waals surface area (Å²) in [6.07, 6.45) is 1.46. The lowest BCUT2D eigenvalue weighted by Gasteiger charge is -2.11. The van der Waals surface area contributed by atoms with Crippen LogP contribution >= 0.6 is 11.3 Å². The molecule has 0 amide bonds. The standard InChI is InChI=1S/C20H18N6O3S/c1-27-12-3-4-13-16(7-12)30-20(25-13)26-19-17(21)18(23-9-24-19)22-8-11-2-5-14-15(6-11)29-10-28-14/h2-7,9H,8,10,21H2,1H3,(H2,22,23,24,25,26). The van der Waals surface area contributed by atoms with E-state index in [0.29, 0.717) is 29.0 Å². The van der Waals surface area contributed by atoms with Gasteiger partial charge in [0.05, 0.1) is 17.3 Å². The Bertz CT molecular complexity index is 1230. The molecule has 0 aliphatic carbocycles. The van der Waals surface area contributed by atoms with Crippen LogP contribution in [0.2, 0.25) is 0 Å². The molecule has 1 aliphatic heterocycles. The fourth-order valence-corrected chi connectivity index (χ4v) is 3.95. The normalized spacial score (nSPS) is 12.2. The molecule has 1 aliphatic rings. The predicted molar refractivity (Wildman–Crippen MR) is 116 cm³/mol. The Labute approximate surface area is 175 Å². The number of nitrogen functional groups attached to an aromatic ring is 1. The highest BCUT2D eigenvalue weighted by Gasteiger charge is 2.14. The average Bonchev–Trinajstić information content (AvgIpc) is 3.39. The lowest BCUT2D eigenvalue weighted by molar-refractivity contribution is 0.174. The molecule has 30 heavy (non-hydrogen) atoms. The number of fused-ring (bicyclic) bond motifs is 2. The lowest BCUT2D eigenvalue weighted by atomic mass is 10.2. The molecule has 0 atom stereocenters. The van der Waals surface area contributed by atoms with Crippen LogP contribution in [-0.2, 0) is 6.54 Å². The molecule has 9 nitrogen and oxygen atoms in total. The minimum absolute atomic E-state index is 0.249. The van der Waals surface area contributed by atoms with Gasteiger partial charge in [0.15, 0.2) is 28.3 Å². The van der Waals surface area contributed by atoms with E-state index < -0.39 is 0 Å². The second kappa shape index (κ2) is 7.56. The fourth-order valence-electron chi connectivity index (χ4n) is 3.06. The quantitative estimate of drug-likeness (QED) is 0.427. The third kappa shape index (κ3) is 3.48. The van der Waals surface area contributed by atoms with Crippen molar-refractivity contribution in [2.75, 3.05) is 30.3 Å². The zero-order valence-corrected chi connectivity index (χ0v) is 16.8. The molecule has 0 saturated heterocycles. The minimum Gasteiger partial charge on any atom is -0.497 e. The molecule has 5 rings (SSSR count). The van der Waals surface area contributed by atoms with Gasteiger partial charge in [0, 0.05) is 6.54 Å². The molecule has 3 heterocycles. The van der Waals surface area contributed by atoms with Gasteiger partial charge in [-0.05, 0) is 35.9 Å². The summed E-state index contributed by atoms with van der Waals surface area (Å²) in [5, 5.41) is 7.11. The van der Waals surface area contributed by atoms with Gasteiger partial charge in [0.25, 0.3) is 0 Å². The van der Waals surface area contributed by atoms with Crippen molar-refractivity contribution < 1.29 is 14.2 Å². The fraction of sp³-hybridized carbons (Fsp3) is 0.150. The van der Waals surface area contributed by atoms with Crippen LogP contribution in [0.15, 0.2) is 42.7 Å². The van der Waals surface area contributed by atoms with Crippen LogP contribution in [0, 0.1) is 0 Å². The molecule has 0 fully saturated rings. The van der Waals surface area contributed by atoms with Crippen molar-refractivity contribution in [1.82, 2.24) is 15.0 Å². The number of nitrogens with zero attached hydrogens (tertiary/aromatic N) is 3. The lowest BCUT2D eigenvalue weighted by Crippen LogP contribution is -2.08. The van der Waals surface area contributed by atoms with Gasteiger partial charge in [0.1, 0.15) is 17.8 Å². The smallest absolute Gasteiger partial charge is 0.231 e. The van der Waals surface area contributed by atoms with E-state index in [4.69, 9.17) is 19.9 Å². The van der Waals surface area contributed by atoms with Crippen LogP contribution in [0.5, 0.6) is 17.2 Å². The Hall–Kier alpha value is -3.79. The summed E-state index contributed by atoms with van der Waals surface area (Å²) in [5.41, 5.74) is 8.59. The molecule has 152 valence electrons. The topological polar surface area (TPSA) is 116 Å². The van der Waals surface area contributed by atoms with Gasteiger partial charge in [-0.3, -0.25) is 0 Å². The minimum atomic E-state index is 0.249. The van der Waals surface area contributed by atoms with Gasteiger partial charge < -0.3 is 30.6 Å². The molecule has 0 radical (unpaired) electrons. The molecule has 2 aromatic carbocycles. The van der Waals surface area contributed by atoms with E-state index in [-0.39, 0.29) is 6.79 Å². The summed E-state index contributed by atoms with van der Waals surface area (Å²) in [5.74, 6) is 3.30. The molecule has 4 aromatic rings. The van der Waals surface area contributed by atoms with Gasteiger partial charge in [-0.1, -0.05) is 17.4 Å². The molecule has 10 heteroatoms. The zero-order valence-electron chi connectivity index (χ0n) is 16.0. The molecule has 4 N–H and O–H groups in total. The summed E-state index contributed by atoms with van der Waals surface area (Å²) in [7, 11) is 1.64. The number of hydrogen-bond acceptors (Lipinski definition) is 10. The number of aromatic nitrogens is 3. The van der Waals surface area contributed by atoms with E-state index in [1.54, 1.807) is 7.11 Å². The number of nitrogens with one attached hydrogen (secondary N) is 2. The van der Waals surface area contributed by atoms with E-state index in [9.17, 15) is 0 Å². The number of nitrogens with two attached hydrogens (primary N) is 1.